The number of unbranched alkanes of at least 4 members (excludes halogenated alkanes) is 2. The number of carbonyl (C=O) groups excluding carboxylic acids is 1. The second kappa shape index (κ2) is 9.63. The number of benzene rings is 1. The zero-order valence-electron chi connectivity index (χ0n) is 17.9. The molecule has 1 N–H and O–H groups in total. The van der Waals surface area contributed by atoms with E-state index in [-0.39, 0.29) is 18.0 Å². The van der Waals surface area contributed by atoms with E-state index in [4.69, 9.17) is 14.2 Å². The Morgan fingerprint density at radius 3 is 2.73 bits per heavy atom. The minimum absolute atomic E-state index is 0.0793. The fourth-order valence-corrected chi connectivity index (χ4v) is 5.46. The van der Waals surface area contributed by atoms with Gasteiger partial charge in [-0.1, -0.05) is 56.5 Å². The van der Waals surface area contributed by atoms with Crippen molar-refractivity contribution in [2.24, 2.45) is 17.8 Å². The number of aliphatic hydroxyl groups is 1. The molecule has 1 heterocycles. The molecule has 0 amide bonds. The average Bonchev–Trinajstić information content (AvgIpc) is 3.43. The van der Waals surface area contributed by atoms with Crippen molar-refractivity contribution < 1.29 is 24.1 Å². The predicted molar refractivity (Wildman–Crippen MR) is 114 cm³/mol. The standard InChI is InChI=1S/C25H34O5/c1-2-3-5-10-20(26)11-12-21-22-17-25(28-13-14-29-25)16-19(22)15-23(21)30-24(27)18-8-6-4-7-9-18/h4,6-9,11-12,19-23,26H,2-3,5,10,13-17H2,1H3/b12-11+/t19-,20-,21-,22+,23-/m1/s1. The van der Waals surface area contributed by atoms with E-state index in [9.17, 15) is 9.90 Å². The summed E-state index contributed by atoms with van der Waals surface area (Å²) in [5.41, 5.74) is 0.579. The van der Waals surface area contributed by atoms with Crippen molar-refractivity contribution in [3.63, 3.8) is 0 Å². The molecule has 1 saturated heterocycles. The van der Waals surface area contributed by atoms with Crippen molar-refractivity contribution in [1.82, 2.24) is 0 Å². The summed E-state index contributed by atoms with van der Waals surface area (Å²) < 4.78 is 17.9. The van der Waals surface area contributed by atoms with Crippen LogP contribution in [0.5, 0.6) is 0 Å². The quantitative estimate of drug-likeness (QED) is 0.385. The third-order valence-corrected chi connectivity index (χ3v) is 6.92. The molecule has 5 nitrogen and oxygen atoms in total. The Labute approximate surface area is 179 Å². The Hall–Kier alpha value is -1.69. The van der Waals surface area contributed by atoms with Gasteiger partial charge in [-0.05, 0) is 36.8 Å². The maximum Gasteiger partial charge on any atom is 0.338 e. The maximum atomic E-state index is 12.7. The molecule has 30 heavy (non-hydrogen) atoms. The first-order valence-electron chi connectivity index (χ1n) is 11.5. The van der Waals surface area contributed by atoms with Gasteiger partial charge in [0.1, 0.15) is 6.10 Å². The van der Waals surface area contributed by atoms with E-state index in [0.29, 0.717) is 30.6 Å². The molecular formula is C25H34O5. The first kappa shape index (κ1) is 21.5. The van der Waals surface area contributed by atoms with Gasteiger partial charge in [-0.2, -0.15) is 0 Å². The number of carbonyl (C=O) groups is 1. The van der Waals surface area contributed by atoms with Gasteiger partial charge in [-0.3, -0.25) is 0 Å². The second-order valence-corrected chi connectivity index (χ2v) is 9.01. The Morgan fingerprint density at radius 2 is 2.00 bits per heavy atom. The van der Waals surface area contributed by atoms with Crippen molar-refractivity contribution in [3.05, 3.63) is 48.0 Å². The predicted octanol–water partition coefficient (Wildman–Crippen LogP) is 4.50. The van der Waals surface area contributed by atoms with Gasteiger partial charge in [0.15, 0.2) is 5.79 Å². The number of hydrogen-bond donors (Lipinski definition) is 1. The summed E-state index contributed by atoms with van der Waals surface area (Å²) >= 11 is 0. The van der Waals surface area contributed by atoms with Crippen LogP contribution in [0.15, 0.2) is 42.5 Å². The van der Waals surface area contributed by atoms with Crippen molar-refractivity contribution in [2.75, 3.05) is 13.2 Å². The van der Waals surface area contributed by atoms with Crippen LogP contribution in [0.1, 0.15) is 62.2 Å². The minimum Gasteiger partial charge on any atom is -0.458 e. The largest absolute Gasteiger partial charge is 0.458 e. The molecule has 0 radical (unpaired) electrons. The zero-order chi connectivity index (χ0) is 21.0. The summed E-state index contributed by atoms with van der Waals surface area (Å²) in [5.74, 6) is 0.107. The molecule has 1 aromatic rings. The van der Waals surface area contributed by atoms with Crippen molar-refractivity contribution in [3.8, 4) is 0 Å². The molecule has 0 bridgehead atoms. The summed E-state index contributed by atoms with van der Waals surface area (Å²) in [4.78, 5) is 12.7. The van der Waals surface area contributed by atoms with Gasteiger partial charge in [0.25, 0.3) is 0 Å². The van der Waals surface area contributed by atoms with Crippen LogP contribution in [-0.4, -0.2) is 42.3 Å². The fourth-order valence-electron chi connectivity index (χ4n) is 5.46. The lowest BCUT2D eigenvalue weighted by atomic mass is 9.90. The van der Waals surface area contributed by atoms with Gasteiger partial charge in [0, 0.05) is 18.8 Å². The van der Waals surface area contributed by atoms with Gasteiger partial charge in [-0.15, -0.1) is 0 Å². The van der Waals surface area contributed by atoms with Gasteiger partial charge >= 0.3 is 5.97 Å². The average molecular weight is 415 g/mol. The highest BCUT2D eigenvalue weighted by molar-refractivity contribution is 5.89. The Bertz CT molecular complexity index is 724. The first-order chi connectivity index (χ1) is 14.6. The SMILES string of the molecule is CCCCC[C@@H](O)/C=C/[C@@H]1[C@H]2CC3(C[C@H]2C[C@H]1OC(=O)c1ccccc1)OCCO3. The highest BCUT2D eigenvalue weighted by Gasteiger charge is 2.57. The molecule has 164 valence electrons. The lowest BCUT2D eigenvalue weighted by Crippen LogP contribution is -2.31. The monoisotopic (exact) mass is 414 g/mol. The van der Waals surface area contributed by atoms with Crippen LogP contribution in [0, 0.1) is 17.8 Å². The van der Waals surface area contributed by atoms with Crippen LogP contribution in [0.4, 0.5) is 0 Å². The van der Waals surface area contributed by atoms with E-state index in [1.807, 2.05) is 24.3 Å². The molecule has 1 spiro atoms. The molecule has 1 aliphatic heterocycles. The van der Waals surface area contributed by atoms with E-state index in [1.165, 1.54) is 0 Å². The summed E-state index contributed by atoms with van der Waals surface area (Å²) in [5, 5.41) is 10.4. The maximum absolute atomic E-state index is 12.7. The number of hydrogen-bond acceptors (Lipinski definition) is 5. The first-order valence-corrected chi connectivity index (χ1v) is 11.5. The number of esters is 1. The van der Waals surface area contributed by atoms with Crippen LogP contribution < -0.4 is 0 Å². The number of rotatable bonds is 8. The van der Waals surface area contributed by atoms with Crippen LogP contribution in [0.25, 0.3) is 0 Å². The highest BCUT2D eigenvalue weighted by atomic mass is 16.7. The molecule has 5 heteroatoms. The van der Waals surface area contributed by atoms with Crippen LogP contribution in [0.2, 0.25) is 0 Å². The fraction of sp³-hybridized carbons (Fsp3) is 0.640. The van der Waals surface area contributed by atoms with E-state index in [1.54, 1.807) is 12.1 Å². The zero-order valence-corrected chi connectivity index (χ0v) is 17.9. The van der Waals surface area contributed by atoms with Crippen molar-refractivity contribution >= 4 is 5.97 Å². The molecular weight excluding hydrogens is 380 g/mol. The molecule has 3 fully saturated rings. The lowest BCUT2D eigenvalue weighted by molar-refractivity contribution is -0.157. The molecule has 0 unspecified atom stereocenters. The van der Waals surface area contributed by atoms with E-state index >= 15 is 0 Å². The van der Waals surface area contributed by atoms with Gasteiger partial charge in [0.05, 0.1) is 24.9 Å². The highest BCUT2D eigenvalue weighted by Crippen LogP contribution is 2.55. The van der Waals surface area contributed by atoms with Crippen LogP contribution in [-0.2, 0) is 14.2 Å². The molecule has 3 aliphatic rings. The third-order valence-electron chi connectivity index (χ3n) is 6.92. The van der Waals surface area contributed by atoms with E-state index < -0.39 is 11.9 Å². The Balaban J connectivity index is 1.45. The van der Waals surface area contributed by atoms with E-state index in [0.717, 1.165) is 44.9 Å². The van der Waals surface area contributed by atoms with Gasteiger partial charge < -0.3 is 19.3 Å². The minimum atomic E-state index is -0.449. The second-order valence-electron chi connectivity index (χ2n) is 9.01. The summed E-state index contributed by atoms with van der Waals surface area (Å²) in [6, 6.07) is 9.17. The molecule has 2 saturated carbocycles. The molecule has 1 aromatic carbocycles. The lowest BCUT2D eigenvalue weighted by Gasteiger charge is -2.27. The molecule has 4 rings (SSSR count). The third kappa shape index (κ3) is 4.79. The Kier molecular flexibility index (Phi) is 6.91. The number of ether oxygens (including phenoxy) is 3. The summed E-state index contributed by atoms with van der Waals surface area (Å²) in [6.07, 6.45) is 9.96. The molecule has 2 aliphatic carbocycles. The molecule has 5 atom stereocenters. The van der Waals surface area contributed by atoms with Crippen molar-refractivity contribution in [2.45, 2.75) is 69.9 Å². The van der Waals surface area contributed by atoms with Gasteiger partial charge in [0.2, 0.25) is 0 Å². The number of aliphatic hydroxyl groups excluding tert-OH is 1. The topological polar surface area (TPSA) is 65.0 Å². The van der Waals surface area contributed by atoms with E-state index in [2.05, 4.69) is 13.0 Å². The molecule has 0 aromatic heterocycles. The normalized spacial score (nSPS) is 30.7. The van der Waals surface area contributed by atoms with Gasteiger partial charge in [-0.25, -0.2) is 4.79 Å². The summed E-state index contributed by atoms with van der Waals surface area (Å²) in [6.45, 7) is 3.47. The summed E-state index contributed by atoms with van der Waals surface area (Å²) in [7, 11) is 0. The van der Waals surface area contributed by atoms with Crippen LogP contribution in [0.3, 0.4) is 0 Å². The smallest absolute Gasteiger partial charge is 0.338 e. The van der Waals surface area contributed by atoms with Crippen LogP contribution >= 0.6 is 0 Å². The van der Waals surface area contributed by atoms with Crippen molar-refractivity contribution in [1.29, 1.82) is 0 Å². The number of fused-ring (bicyclic) bond motifs is 1. The Morgan fingerprint density at radius 1 is 1.23 bits per heavy atom.